The highest BCUT2D eigenvalue weighted by Gasteiger charge is 2.19. The van der Waals surface area contributed by atoms with Crippen LogP contribution in [0.25, 0.3) is 16.3 Å². The first-order valence-corrected chi connectivity index (χ1v) is 5.26. The highest BCUT2D eigenvalue weighted by Crippen LogP contribution is 2.25. The van der Waals surface area contributed by atoms with E-state index >= 15 is 0 Å². The van der Waals surface area contributed by atoms with Crippen molar-refractivity contribution in [3.63, 3.8) is 0 Å². The second-order valence-electron chi connectivity index (χ2n) is 3.69. The monoisotopic (exact) mass is 248 g/mol. The predicted octanol–water partition coefficient (Wildman–Crippen LogP) is 3.62. The molecule has 0 spiro atoms. The summed E-state index contributed by atoms with van der Waals surface area (Å²) in [6.07, 6.45) is -2.04. The fourth-order valence-corrected chi connectivity index (χ4v) is 1.75. The zero-order valence-electron chi connectivity index (χ0n) is 9.61. The molecule has 0 amide bonds. The topological polar surface area (TPSA) is 26.3 Å². The first-order valence-electron chi connectivity index (χ1n) is 5.26. The van der Waals surface area contributed by atoms with Gasteiger partial charge in [0.05, 0.1) is 7.11 Å². The number of methoxy groups -OCH3 is 1. The number of hydrogen-bond donors (Lipinski definition) is 0. The maximum absolute atomic E-state index is 12.8. The summed E-state index contributed by atoms with van der Waals surface area (Å²) in [5.41, 5.74) is -0.538. The molecule has 0 radical (unpaired) electrons. The molecule has 0 aliphatic carbocycles. The van der Waals surface area contributed by atoms with Gasteiger partial charge in [0, 0.05) is 0 Å². The van der Waals surface area contributed by atoms with Crippen molar-refractivity contribution < 1.29 is 18.3 Å². The van der Waals surface area contributed by atoms with E-state index < -0.39 is 17.6 Å². The summed E-state index contributed by atoms with van der Waals surface area (Å²) in [7, 11) is 1.08. The third-order valence-electron chi connectivity index (χ3n) is 2.62. The SMILES string of the molecule is COC(=O)C(=C(F)F)c1ccc2ccccc2c1. The molecule has 0 aliphatic heterocycles. The molecule has 0 heterocycles. The van der Waals surface area contributed by atoms with Gasteiger partial charge in [-0.25, -0.2) is 4.79 Å². The third kappa shape index (κ3) is 2.22. The second kappa shape index (κ2) is 4.96. The quantitative estimate of drug-likeness (QED) is 0.599. The molecule has 2 rings (SSSR count). The van der Waals surface area contributed by atoms with Crippen LogP contribution in [0.5, 0.6) is 0 Å². The summed E-state index contributed by atoms with van der Waals surface area (Å²) in [5, 5.41) is 1.71. The number of hydrogen-bond acceptors (Lipinski definition) is 2. The van der Waals surface area contributed by atoms with E-state index in [1.54, 1.807) is 24.3 Å². The minimum absolute atomic E-state index is 0.153. The van der Waals surface area contributed by atoms with Crippen LogP contribution >= 0.6 is 0 Å². The van der Waals surface area contributed by atoms with E-state index in [-0.39, 0.29) is 5.56 Å². The number of carbonyl (C=O) groups excluding carboxylic acids is 1. The number of halogens is 2. The standard InChI is InChI=1S/C14H10F2O2/c1-18-14(17)12(13(15)16)11-7-6-9-4-2-3-5-10(9)8-11/h2-8H,1H3. The Kier molecular flexibility index (Phi) is 3.37. The molecule has 18 heavy (non-hydrogen) atoms. The molecule has 0 atom stereocenters. The lowest BCUT2D eigenvalue weighted by atomic mass is 10.0. The van der Waals surface area contributed by atoms with E-state index in [1.807, 2.05) is 12.1 Å². The summed E-state index contributed by atoms with van der Waals surface area (Å²) in [6, 6.07) is 12.0. The number of esters is 1. The maximum Gasteiger partial charge on any atom is 0.343 e. The second-order valence-corrected chi connectivity index (χ2v) is 3.69. The number of ether oxygens (including phenoxy) is 1. The summed E-state index contributed by atoms with van der Waals surface area (Å²) >= 11 is 0. The average Bonchev–Trinajstić information content (AvgIpc) is 2.38. The van der Waals surface area contributed by atoms with Crippen LogP contribution in [0.1, 0.15) is 5.56 Å². The van der Waals surface area contributed by atoms with Gasteiger partial charge in [-0.3, -0.25) is 0 Å². The van der Waals surface area contributed by atoms with Crippen molar-refractivity contribution in [2.24, 2.45) is 0 Å². The fraction of sp³-hybridized carbons (Fsp3) is 0.0714. The predicted molar refractivity (Wildman–Crippen MR) is 65.1 cm³/mol. The van der Waals surface area contributed by atoms with Crippen molar-refractivity contribution >= 4 is 22.3 Å². The van der Waals surface area contributed by atoms with E-state index in [0.29, 0.717) is 0 Å². The van der Waals surface area contributed by atoms with Gasteiger partial charge >= 0.3 is 5.97 Å². The first kappa shape index (κ1) is 12.2. The van der Waals surface area contributed by atoms with Gasteiger partial charge in [-0.2, -0.15) is 8.78 Å². The van der Waals surface area contributed by atoms with Crippen molar-refractivity contribution in [1.82, 2.24) is 0 Å². The molecular weight excluding hydrogens is 238 g/mol. The molecule has 4 heteroatoms. The molecule has 0 saturated heterocycles. The minimum Gasteiger partial charge on any atom is -0.465 e. The van der Waals surface area contributed by atoms with Gasteiger partial charge in [0.25, 0.3) is 6.08 Å². The minimum atomic E-state index is -2.04. The van der Waals surface area contributed by atoms with Crippen molar-refractivity contribution in [2.45, 2.75) is 0 Å². The van der Waals surface area contributed by atoms with Crippen LogP contribution in [0.15, 0.2) is 48.5 Å². The molecule has 2 aromatic rings. The molecule has 0 fully saturated rings. The van der Waals surface area contributed by atoms with Crippen LogP contribution in [-0.2, 0) is 9.53 Å². The molecule has 0 aliphatic rings. The van der Waals surface area contributed by atoms with Crippen molar-refractivity contribution in [3.05, 3.63) is 54.1 Å². The Bertz CT molecular complexity index is 628. The lowest BCUT2D eigenvalue weighted by Gasteiger charge is -2.06. The normalized spacial score (nSPS) is 10.2. The molecule has 0 aromatic heterocycles. The molecule has 2 nitrogen and oxygen atoms in total. The summed E-state index contributed by atoms with van der Waals surface area (Å²) in [6.45, 7) is 0. The molecule has 0 N–H and O–H groups in total. The van der Waals surface area contributed by atoms with E-state index in [1.165, 1.54) is 6.07 Å². The Morgan fingerprint density at radius 2 is 1.72 bits per heavy atom. The molecule has 2 aromatic carbocycles. The molecule has 0 saturated carbocycles. The highest BCUT2D eigenvalue weighted by atomic mass is 19.3. The summed E-state index contributed by atoms with van der Waals surface area (Å²) in [5.74, 6) is -1.04. The van der Waals surface area contributed by atoms with Crippen molar-refractivity contribution in [1.29, 1.82) is 0 Å². The van der Waals surface area contributed by atoms with E-state index in [2.05, 4.69) is 4.74 Å². The summed E-state index contributed by atoms with van der Waals surface area (Å²) < 4.78 is 30.0. The lowest BCUT2D eigenvalue weighted by molar-refractivity contribution is -0.133. The van der Waals surface area contributed by atoms with Gasteiger partial charge in [-0.05, 0) is 22.4 Å². The average molecular weight is 248 g/mol. The molecule has 0 bridgehead atoms. The third-order valence-corrected chi connectivity index (χ3v) is 2.62. The molecule has 0 unspecified atom stereocenters. The number of rotatable bonds is 2. The summed E-state index contributed by atoms with van der Waals surface area (Å²) in [4.78, 5) is 11.3. The van der Waals surface area contributed by atoms with Gasteiger partial charge in [0.2, 0.25) is 0 Å². The smallest absolute Gasteiger partial charge is 0.343 e. The van der Waals surface area contributed by atoms with E-state index in [9.17, 15) is 13.6 Å². The zero-order chi connectivity index (χ0) is 13.1. The van der Waals surface area contributed by atoms with Gasteiger partial charge in [-0.15, -0.1) is 0 Å². The van der Waals surface area contributed by atoms with Gasteiger partial charge in [-0.1, -0.05) is 36.4 Å². The Labute approximate surface area is 102 Å². The van der Waals surface area contributed by atoms with Gasteiger partial charge in [0.15, 0.2) is 0 Å². The van der Waals surface area contributed by atoms with Crippen molar-refractivity contribution in [2.75, 3.05) is 7.11 Å². The Balaban J connectivity index is 2.59. The molecule has 92 valence electrons. The van der Waals surface area contributed by atoms with E-state index in [4.69, 9.17) is 0 Å². The molecular formula is C14H10F2O2. The number of carbonyl (C=O) groups is 1. The largest absolute Gasteiger partial charge is 0.465 e. The Morgan fingerprint density at radius 3 is 2.33 bits per heavy atom. The fourth-order valence-electron chi connectivity index (χ4n) is 1.75. The van der Waals surface area contributed by atoms with Gasteiger partial charge in [0.1, 0.15) is 5.57 Å². The van der Waals surface area contributed by atoms with Crippen molar-refractivity contribution in [3.8, 4) is 0 Å². The first-order chi connectivity index (χ1) is 8.63. The van der Waals surface area contributed by atoms with Crippen LogP contribution in [0.4, 0.5) is 8.78 Å². The highest BCUT2D eigenvalue weighted by molar-refractivity contribution is 6.17. The van der Waals surface area contributed by atoms with Crippen LogP contribution < -0.4 is 0 Å². The van der Waals surface area contributed by atoms with Crippen LogP contribution in [0.3, 0.4) is 0 Å². The lowest BCUT2D eigenvalue weighted by Crippen LogP contribution is -2.04. The number of benzene rings is 2. The maximum atomic E-state index is 12.8. The zero-order valence-corrected chi connectivity index (χ0v) is 9.61. The van der Waals surface area contributed by atoms with Gasteiger partial charge < -0.3 is 4.74 Å². The number of fused-ring (bicyclic) bond motifs is 1. The Morgan fingerprint density at radius 1 is 1.06 bits per heavy atom. The van der Waals surface area contributed by atoms with Crippen LogP contribution in [-0.4, -0.2) is 13.1 Å². The van der Waals surface area contributed by atoms with Crippen LogP contribution in [0.2, 0.25) is 0 Å². The Hall–Kier alpha value is -2.23. The van der Waals surface area contributed by atoms with Crippen LogP contribution in [0, 0.1) is 0 Å². The van der Waals surface area contributed by atoms with E-state index in [0.717, 1.165) is 17.9 Å².